The molecule has 33 heavy (non-hydrogen) atoms. The number of aromatic hydroxyl groups is 1. The van der Waals surface area contributed by atoms with E-state index >= 15 is 0 Å². The SMILES string of the molecule is O=C(O)c1ccc(N(Cc2ccccc2)S(=O)(=O)c2ccc(-c3ccccc3)cc2)cc1O. The zero-order valence-electron chi connectivity index (χ0n) is 17.5. The first-order chi connectivity index (χ1) is 15.9. The van der Waals surface area contributed by atoms with E-state index in [-0.39, 0.29) is 22.7 Å². The standard InChI is InChI=1S/C26H21NO5S/c28-25-17-22(13-16-24(25)26(29)30)27(18-19-7-3-1-4-8-19)33(31,32)23-14-11-21(12-15-23)20-9-5-2-6-10-20/h1-17,28H,18H2,(H,29,30). The largest absolute Gasteiger partial charge is 0.507 e. The number of aromatic carboxylic acids is 1. The third-order valence-corrected chi connectivity index (χ3v) is 7.01. The monoisotopic (exact) mass is 459 g/mol. The molecular formula is C26H21NO5S. The molecule has 7 heteroatoms. The van der Waals surface area contributed by atoms with Crippen LogP contribution in [0.25, 0.3) is 11.1 Å². The predicted molar refractivity (Wildman–Crippen MR) is 127 cm³/mol. The van der Waals surface area contributed by atoms with Crippen LogP contribution in [-0.2, 0) is 16.6 Å². The zero-order chi connectivity index (χ0) is 23.4. The van der Waals surface area contributed by atoms with Crippen molar-refractivity contribution in [3.05, 3.63) is 114 Å². The maximum atomic E-state index is 13.6. The molecule has 4 aromatic rings. The fourth-order valence-electron chi connectivity index (χ4n) is 3.50. The van der Waals surface area contributed by atoms with E-state index in [2.05, 4.69) is 0 Å². The van der Waals surface area contributed by atoms with Gasteiger partial charge in [0, 0.05) is 6.07 Å². The summed E-state index contributed by atoms with van der Waals surface area (Å²) in [4.78, 5) is 11.4. The molecule has 2 N–H and O–H groups in total. The van der Waals surface area contributed by atoms with Crippen molar-refractivity contribution in [2.75, 3.05) is 4.31 Å². The average Bonchev–Trinajstić information content (AvgIpc) is 2.83. The number of anilines is 1. The minimum Gasteiger partial charge on any atom is -0.507 e. The Kier molecular flexibility index (Phi) is 6.15. The lowest BCUT2D eigenvalue weighted by Gasteiger charge is -2.25. The Labute approximate surface area is 192 Å². The van der Waals surface area contributed by atoms with Crippen LogP contribution in [-0.4, -0.2) is 24.6 Å². The molecule has 0 aliphatic rings. The highest BCUT2D eigenvalue weighted by Gasteiger charge is 2.26. The van der Waals surface area contributed by atoms with Gasteiger partial charge in [-0.2, -0.15) is 0 Å². The number of hydrogen-bond donors (Lipinski definition) is 2. The Bertz CT molecular complexity index is 1370. The van der Waals surface area contributed by atoms with Crippen molar-refractivity contribution in [1.29, 1.82) is 0 Å². The van der Waals surface area contributed by atoms with E-state index < -0.39 is 21.7 Å². The lowest BCUT2D eigenvalue weighted by atomic mass is 10.1. The number of carboxylic acids is 1. The van der Waals surface area contributed by atoms with E-state index in [1.807, 2.05) is 36.4 Å². The maximum absolute atomic E-state index is 13.6. The van der Waals surface area contributed by atoms with Gasteiger partial charge in [-0.3, -0.25) is 4.31 Å². The fraction of sp³-hybridized carbons (Fsp3) is 0.0385. The summed E-state index contributed by atoms with van der Waals surface area (Å²) in [6, 6.07) is 29.0. The number of benzene rings is 4. The fourth-order valence-corrected chi connectivity index (χ4v) is 4.94. The van der Waals surface area contributed by atoms with Crippen LogP contribution in [0.15, 0.2) is 108 Å². The van der Waals surface area contributed by atoms with E-state index in [1.165, 1.54) is 12.1 Å². The molecule has 4 aromatic carbocycles. The highest BCUT2D eigenvalue weighted by molar-refractivity contribution is 7.92. The molecule has 4 rings (SSSR count). The Hall–Kier alpha value is -4.10. The first kappa shape index (κ1) is 22.1. The van der Waals surface area contributed by atoms with E-state index in [1.54, 1.807) is 48.5 Å². The van der Waals surface area contributed by atoms with Crippen molar-refractivity contribution in [3.8, 4) is 16.9 Å². The van der Waals surface area contributed by atoms with Gasteiger partial charge < -0.3 is 10.2 Å². The van der Waals surface area contributed by atoms with E-state index in [9.17, 15) is 23.4 Å². The third kappa shape index (κ3) is 4.73. The third-order valence-electron chi connectivity index (χ3n) is 5.22. The van der Waals surface area contributed by atoms with Crippen molar-refractivity contribution in [1.82, 2.24) is 0 Å². The molecule has 0 atom stereocenters. The Morgan fingerprint density at radius 2 is 1.33 bits per heavy atom. The molecule has 0 aliphatic heterocycles. The second kappa shape index (κ2) is 9.18. The van der Waals surface area contributed by atoms with Crippen molar-refractivity contribution < 1.29 is 23.4 Å². The Morgan fingerprint density at radius 3 is 1.91 bits per heavy atom. The molecule has 0 aliphatic carbocycles. The van der Waals surface area contributed by atoms with Crippen molar-refractivity contribution in [3.63, 3.8) is 0 Å². The first-order valence-corrected chi connectivity index (χ1v) is 11.6. The minimum absolute atomic E-state index is 0.00939. The van der Waals surface area contributed by atoms with Crippen molar-refractivity contribution in [2.24, 2.45) is 0 Å². The van der Waals surface area contributed by atoms with Gasteiger partial charge in [-0.25, -0.2) is 13.2 Å². The van der Waals surface area contributed by atoms with Gasteiger partial charge in [-0.1, -0.05) is 72.8 Å². The predicted octanol–water partition coefficient (Wildman–Crippen LogP) is 5.15. The summed E-state index contributed by atoms with van der Waals surface area (Å²) < 4.78 is 28.4. The van der Waals surface area contributed by atoms with E-state index in [0.29, 0.717) is 0 Å². The number of sulfonamides is 1. The smallest absolute Gasteiger partial charge is 0.339 e. The molecule has 0 amide bonds. The molecular weight excluding hydrogens is 438 g/mol. The van der Waals surface area contributed by atoms with Crippen LogP contribution >= 0.6 is 0 Å². The molecule has 0 saturated heterocycles. The topological polar surface area (TPSA) is 94.9 Å². The first-order valence-electron chi connectivity index (χ1n) is 10.1. The summed E-state index contributed by atoms with van der Waals surface area (Å²) >= 11 is 0. The Morgan fingerprint density at radius 1 is 0.758 bits per heavy atom. The molecule has 0 aromatic heterocycles. The van der Waals surface area contributed by atoms with Crippen LogP contribution in [0.2, 0.25) is 0 Å². The van der Waals surface area contributed by atoms with Crippen molar-refractivity contribution in [2.45, 2.75) is 11.4 Å². The highest BCUT2D eigenvalue weighted by Crippen LogP contribution is 2.31. The average molecular weight is 460 g/mol. The van der Waals surface area contributed by atoms with E-state index in [4.69, 9.17) is 0 Å². The van der Waals surface area contributed by atoms with Gasteiger partial charge in [0.05, 0.1) is 17.1 Å². The molecule has 166 valence electrons. The number of phenols is 1. The van der Waals surface area contributed by atoms with Gasteiger partial charge in [0.2, 0.25) is 0 Å². The van der Waals surface area contributed by atoms with Crippen molar-refractivity contribution >= 4 is 21.7 Å². The van der Waals surface area contributed by atoms with E-state index in [0.717, 1.165) is 27.1 Å². The van der Waals surface area contributed by atoms with Crippen LogP contribution < -0.4 is 4.31 Å². The van der Waals surface area contributed by atoms with Gasteiger partial charge in [-0.05, 0) is 41.0 Å². The van der Waals surface area contributed by atoms with Crippen LogP contribution in [0, 0.1) is 0 Å². The summed E-state index contributed by atoms with van der Waals surface area (Å²) in [5.41, 5.74) is 2.45. The molecule has 0 radical (unpaired) electrons. The van der Waals surface area contributed by atoms with Crippen LogP contribution in [0.5, 0.6) is 5.75 Å². The maximum Gasteiger partial charge on any atom is 0.339 e. The number of carbonyl (C=O) groups is 1. The number of hydrogen-bond acceptors (Lipinski definition) is 4. The van der Waals surface area contributed by atoms with Crippen LogP contribution in [0.3, 0.4) is 0 Å². The van der Waals surface area contributed by atoms with Gasteiger partial charge in [0.1, 0.15) is 11.3 Å². The van der Waals surface area contributed by atoms with Gasteiger partial charge in [0.15, 0.2) is 0 Å². The highest BCUT2D eigenvalue weighted by atomic mass is 32.2. The molecule has 6 nitrogen and oxygen atoms in total. The Balaban J connectivity index is 1.76. The zero-order valence-corrected chi connectivity index (χ0v) is 18.3. The molecule has 0 fully saturated rings. The molecule has 0 heterocycles. The lowest BCUT2D eigenvalue weighted by Crippen LogP contribution is -2.30. The number of rotatable bonds is 7. The summed E-state index contributed by atoms with van der Waals surface area (Å²) in [6.07, 6.45) is 0. The van der Waals surface area contributed by atoms with Crippen LogP contribution in [0.4, 0.5) is 5.69 Å². The summed E-state index contributed by atoms with van der Waals surface area (Å²) in [7, 11) is -4.03. The molecule has 0 bridgehead atoms. The lowest BCUT2D eigenvalue weighted by molar-refractivity contribution is 0.0693. The molecule has 0 saturated carbocycles. The van der Waals surface area contributed by atoms with Crippen LogP contribution in [0.1, 0.15) is 15.9 Å². The minimum atomic E-state index is -4.03. The van der Waals surface area contributed by atoms with Gasteiger partial charge >= 0.3 is 5.97 Å². The number of nitrogens with zero attached hydrogens (tertiary/aromatic N) is 1. The summed E-state index contributed by atoms with van der Waals surface area (Å²) in [5.74, 6) is -1.80. The number of carboxylic acid groups (broad SMARTS) is 1. The molecule has 0 unspecified atom stereocenters. The second-order valence-electron chi connectivity index (χ2n) is 7.39. The second-order valence-corrected chi connectivity index (χ2v) is 9.26. The summed E-state index contributed by atoms with van der Waals surface area (Å²) in [5, 5.41) is 19.4. The molecule has 0 spiro atoms. The van der Waals surface area contributed by atoms with Gasteiger partial charge in [0.25, 0.3) is 10.0 Å². The normalized spacial score (nSPS) is 11.2. The van der Waals surface area contributed by atoms with Gasteiger partial charge in [-0.15, -0.1) is 0 Å². The summed E-state index contributed by atoms with van der Waals surface area (Å²) in [6.45, 7) is 0.00939. The quantitative estimate of drug-likeness (QED) is 0.398.